The third kappa shape index (κ3) is 4.65. The van der Waals surface area contributed by atoms with E-state index in [0.717, 1.165) is 65.9 Å². The van der Waals surface area contributed by atoms with E-state index in [-0.39, 0.29) is 0 Å². The van der Waals surface area contributed by atoms with E-state index in [1.165, 1.54) is 16.2 Å². The number of fused-ring (bicyclic) bond motifs is 6. The van der Waals surface area contributed by atoms with Gasteiger partial charge in [-0.1, -0.05) is 133 Å². The van der Waals surface area contributed by atoms with Crippen molar-refractivity contribution in [3.05, 3.63) is 164 Å². The molecule has 49 heavy (non-hydrogen) atoms. The van der Waals surface area contributed by atoms with Gasteiger partial charge in [-0.3, -0.25) is 0 Å². The fourth-order valence-corrected chi connectivity index (χ4v) is 7.02. The molecule has 0 bridgehead atoms. The Labute approximate surface area is 282 Å². The minimum atomic E-state index is 0.595. The van der Waals surface area contributed by atoms with Crippen LogP contribution in [0.25, 0.3) is 99.5 Å². The summed E-state index contributed by atoms with van der Waals surface area (Å²) in [4.78, 5) is 15.2. The largest absolute Gasteiger partial charge is 0.455 e. The molecule has 2 heterocycles. The summed E-state index contributed by atoms with van der Waals surface area (Å²) in [5.74, 6) is 1.85. The molecule has 4 nitrogen and oxygen atoms in total. The van der Waals surface area contributed by atoms with Crippen molar-refractivity contribution >= 4 is 54.3 Å². The minimum Gasteiger partial charge on any atom is -0.455 e. The van der Waals surface area contributed by atoms with Crippen molar-refractivity contribution in [1.82, 2.24) is 15.0 Å². The topological polar surface area (TPSA) is 51.8 Å². The van der Waals surface area contributed by atoms with Crippen molar-refractivity contribution in [3.8, 4) is 45.3 Å². The molecule has 0 aliphatic heterocycles. The zero-order valence-electron chi connectivity index (χ0n) is 26.3. The van der Waals surface area contributed by atoms with E-state index in [1.54, 1.807) is 0 Å². The summed E-state index contributed by atoms with van der Waals surface area (Å²) >= 11 is 0. The summed E-state index contributed by atoms with van der Waals surface area (Å²) in [6.07, 6.45) is 0. The molecule has 0 radical (unpaired) electrons. The second kappa shape index (κ2) is 11.0. The SMILES string of the molecule is c1ccc(-c2c3ccccc3cc3c2oc2cc(-c4nc(-c5ccc6ccccc6c5)nc(-c5ccc6ccccc6c5)n4)ccc23)cc1. The Hall–Kier alpha value is -6.65. The normalized spacial score (nSPS) is 11.7. The van der Waals surface area contributed by atoms with Crippen LogP contribution in [0.4, 0.5) is 0 Å². The number of nitrogens with zero attached hydrogens (tertiary/aromatic N) is 3. The molecule has 0 saturated carbocycles. The van der Waals surface area contributed by atoms with Crippen LogP contribution in [0.15, 0.2) is 168 Å². The lowest BCUT2D eigenvalue weighted by Gasteiger charge is -2.10. The molecular formula is C45H27N3O. The highest BCUT2D eigenvalue weighted by Crippen LogP contribution is 2.42. The quantitative estimate of drug-likeness (QED) is 0.195. The van der Waals surface area contributed by atoms with Crippen LogP contribution in [0, 0.1) is 0 Å². The molecule has 0 amide bonds. The van der Waals surface area contributed by atoms with Crippen LogP contribution in [0.3, 0.4) is 0 Å². The second-order valence-corrected chi connectivity index (χ2v) is 12.5. The number of benzene rings is 8. The monoisotopic (exact) mass is 625 g/mol. The standard InChI is InChI=1S/C45H27N3O/c1-2-12-30(13-3-1)41-37-17-9-8-16-33(37)26-39-38-23-22-36(27-40(38)49-42(39)41)45-47-43(34-20-18-28-10-4-6-14-31(28)24-34)46-44(48-45)35-21-19-29-11-5-7-15-32(29)25-35/h1-27H. The summed E-state index contributed by atoms with van der Waals surface area (Å²) in [7, 11) is 0. The van der Waals surface area contributed by atoms with Gasteiger partial charge in [0.1, 0.15) is 11.2 Å². The molecule has 0 aliphatic carbocycles. The van der Waals surface area contributed by atoms with Gasteiger partial charge in [-0.2, -0.15) is 0 Å². The Kier molecular flexibility index (Phi) is 6.15. The highest BCUT2D eigenvalue weighted by Gasteiger charge is 2.19. The van der Waals surface area contributed by atoms with E-state index in [4.69, 9.17) is 19.4 Å². The summed E-state index contributed by atoms with van der Waals surface area (Å²) in [5.41, 5.74) is 6.64. The number of hydrogen-bond donors (Lipinski definition) is 0. The molecule has 0 N–H and O–H groups in total. The third-order valence-electron chi connectivity index (χ3n) is 9.46. The Morgan fingerprint density at radius 3 is 1.47 bits per heavy atom. The van der Waals surface area contributed by atoms with Gasteiger partial charge in [0, 0.05) is 33.0 Å². The molecule has 10 aromatic rings. The van der Waals surface area contributed by atoms with Gasteiger partial charge >= 0.3 is 0 Å². The van der Waals surface area contributed by atoms with Crippen molar-refractivity contribution in [3.63, 3.8) is 0 Å². The van der Waals surface area contributed by atoms with Gasteiger partial charge in [0.15, 0.2) is 17.5 Å². The highest BCUT2D eigenvalue weighted by molar-refractivity contribution is 6.18. The molecule has 0 fully saturated rings. The van der Waals surface area contributed by atoms with Gasteiger partial charge in [0.25, 0.3) is 0 Å². The molecule has 0 spiro atoms. The Morgan fingerprint density at radius 1 is 0.327 bits per heavy atom. The van der Waals surface area contributed by atoms with Crippen molar-refractivity contribution < 1.29 is 4.42 Å². The molecule has 10 rings (SSSR count). The van der Waals surface area contributed by atoms with E-state index in [9.17, 15) is 0 Å². The smallest absolute Gasteiger partial charge is 0.164 e. The molecule has 0 saturated heterocycles. The van der Waals surface area contributed by atoms with Gasteiger partial charge in [-0.25, -0.2) is 15.0 Å². The van der Waals surface area contributed by atoms with Crippen LogP contribution < -0.4 is 0 Å². The fraction of sp³-hybridized carbons (Fsp3) is 0. The van der Waals surface area contributed by atoms with E-state index in [2.05, 4.69) is 158 Å². The van der Waals surface area contributed by atoms with Crippen LogP contribution in [-0.2, 0) is 0 Å². The molecule has 0 atom stereocenters. The molecule has 4 heteroatoms. The second-order valence-electron chi connectivity index (χ2n) is 12.5. The van der Waals surface area contributed by atoms with Crippen LogP contribution in [0.1, 0.15) is 0 Å². The van der Waals surface area contributed by atoms with Crippen LogP contribution in [0.2, 0.25) is 0 Å². The average molecular weight is 626 g/mol. The third-order valence-corrected chi connectivity index (χ3v) is 9.46. The Bertz CT molecular complexity index is 2790. The van der Waals surface area contributed by atoms with Crippen LogP contribution in [0.5, 0.6) is 0 Å². The first-order chi connectivity index (χ1) is 24.2. The molecule has 8 aromatic carbocycles. The van der Waals surface area contributed by atoms with Crippen molar-refractivity contribution in [1.29, 1.82) is 0 Å². The summed E-state index contributed by atoms with van der Waals surface area (Å²) in [5, 5.41) is 9.11. The summed E-state index contributed by atoms with van der Waals surface area (Å²) in [6.45, 7) is 0. The predicted molar refractivity (Wildman–Crippen MR) is 201 cm³/mol. The van der Waals surface area contributed by atoms with E-state index in [1.807, 2.05) is 6.07 Å². The maximum atomic E-state index is 6.76. The Morgan fingerprint density at radius 2 is 0.837 bits per heavy atom. The van der Waals surface area contributed by atoms with Crippen LogP contribution >= 0.6 is 0 Å². The number of hydrogen-bond acceptors (Lipinski definition) is 4. The maximum absolute atomic E-state index is 6.76. The zero-order valence-corrected chi connectivity index (χ0v) is 26.3. The Balaban J connectivity index is 1.19. The maximum Gasteiger partial charge on any atom is 0.164 e. The first kappa shape index (κ1) is 27.5. The van der Waals surface area contributed by atoms with Gasteiger partial charge in [0.05, 0.1) is 0 Å². The first-order valence-corrected chi connectivity index (χ1v) is 16.4. The molecule has 228 valence electrons. The minimum absolute atomic E-state index is 0.595. The molecular weight excluding hydrogens is 599 g/mol. The first-order valence-electron chi connectivity index (χ1n) is 16.4. The summed E-state index contributed by atoms with van der Waals surface area (Å²) < 4.78 is 6.76. The average Bonchev–Trinajstić information content (AvgIpc) is 3.54. The van der Waals surface area contributed by atoms with Crippen molar-refractivity contribution in [2.45, 2.75) is 0 Å². The lowest BCUT2D eigenvalue weighted by Crippen LogP contribution is -2.00. The van der Waals surface area contributed by atoms with Crippen molar-refractivity contribution in [2.75, 3.05) is 0 Å². The van der Waals surface area contributed by atoms with E-state index >= 15 is 0 Å². The summed E-state index contributed by atoms with van der Waals surface area (Å²) in [6, 6.07) is 57.0. The van der Waals surface area contributed by atoms with Gasteiger partial charge in [-0.15, -0.1) is 0 Å². The van der Waals surface area contributed by atoms with Gasteiger partial charge in [-0.05, 0) is 68.2 Å². The molecule has 2 aromatic heterocycles. The lowest BCUT2D eigenvalue weighted by molar-refractivity contribution is 0.670. The van der Waals surface area contributed by atoms with E-state index in [0.29, 0.717) is 17.5 Å². The van der Waals surface area contributed by atoms with Crippen molar-refractivity contribution in [2.24, 2.45) is 0 Å². The number of aromatic nitrogens is 3. The molecule has 0 aliphatic rings. The predicted octanol–water partition coefficient (Wildman–Crippen LogP) is 11.9. The van der Waals surface area contributed by atoms with Gasteiger partial charge < -0.3 is 4.42 Å². The highest BCUT2D eigenvalue weighted by atomic mass is 16.3. The molecule has 0 unspecified atom stereocenters. The van der Waals surface area contributed by atoms with Gasteiger partial charge in [0.2, 0.25) is 0 Å². The van der Waals surface area contributed by atoms with E-state index < -0.39 is 0 Å². The number of rotatable bonds is 4. The lowest BCUT2D eigenvalue weighted by atomic mass is 9.95. The number of furan rings is 1. The van der Waals surface area contributed by atoms with Crippen LogP contribution in [-0.4, -0.2) is 15.0 Å². The zero-order chi connectivity index (χ0) is 32.3. The fourth-order valence-electron chi connectivity index (χ4n) is 7.02.